The lowest BCUT2D eigenvalue weighted by molar-refractivity contribution is 0.0816. The first-order valence-electron chi connectivity index (χ1n) is 9.53. The lowest BCUT2D eigenvalue weighted by Gasteiger charge is -2.16. The summed E-state index contributed by atoms with van der Waals surface area (Å²) in [6.45, 7) is 0.595. The summed E-state index contributed by atoms with van der Waals surface area (Å²) in [4.78, 5) is 18.4. The Morgan fingerprint density at radius 3 is 2.57 bits per heavy atom. The number of nitriles is 1. The first-order chi connectivity index (χ1) is 14.6. The summed E-state index contributed by atoms with van der Waals surface area (Å²) < 4.78 is 7.63. The van der Waals surface area contributed by atoms with Gasteiger partial charge >= 0.3 is 0 Å². The fraction of sp³-hybridized carbons (Fsp3) is 0.125. The number of hydrogen-bond acceptors (Lipinski definition) is 4. The van der Waals surface area contributed by atoms with Crippen LogP contribution in [0.1, 0.15) is 21.5 Å². The van der Waals surface area contributed by atoms with Crippen LogP contribution < -0.4 is 4.74 Å². The van der Waals surface area contributed by atoms with Crippen molar-refractivity contribution in [3.8, 4) is 34.2 Å². The van der Waals surface area contributed by atoms with Crippen molar-refractivity contribution in [2.45, 2.75) is 6.54 Å². The van der Waals surface area contributed by atoms with Crippen molar-refractivity contribution < 1.29 is 9.53 Å². The van der Waals surface area contributed by atoms with E-state index in [-0.39, 0.29) is 5.91 Å². The van der Waals surface area contributed by atoms with Gasteiger partial charge in [-0.1, -0.05) is 18.2 Å². The normalized spacial score (nSPS) is 12.8. The number of methoxy groups -OCH3 is 1. The standard InChI is InChI=1S/C24H18N4O2/c1-27-13-18-9-17(7-8-19(18)24(27)29)23-20(16-5-3-15(11-25)4-6-16)10-22(30-2)21-12-26-14-28(21)23/h3-10,12,14H,13H2,1-2H3. The van der Waals surface area contributed by atoms with Crippen LogP contribution in [0.4, 0.5) is 0 Å². The molecular weight excluding hydrogens is 376 g/mol. The van der Waals surface area contributed by atoms with Crippen LogP contribution in [0.25, 0.3) is 27.9 Å². The van der Waals surface area contributed by atoms with Crippen molar-refractivity contribution in [3.63, 3.8) is 0 Å². The summed E-state index contributed by atoms with van der Waals surface area (Å²) in [5.41, 5.74) is 7.09. The summed E-state index contributed by atoms with van der Waals surface area (Å²) >= 11 is 0. The Morgan fingerprint density at radius 2 is 1.83 bits per heavy atom. The van der Waals surface area contributed by atoms with E-state index in [0.717, 1.165) is 39.0 Å². The predicted octanol–water partition coefficient (Wildman–Crippen LogP) is 4.13. The third-order valence-corrected chi connectivity index (χ3v) is 5.57. The van der Waals surface area contributed by atoms with Crippen molar-refractivity contribution in [1.29, 1.82) is 5.26 Å². The molecule has 0 N–H and O–H groups in total. The monoisotopic (exact) mass is 394 g/mol. The van der Waals surface area contributed by atoms with Gasteiger partial charge in [0.2, 0.25) is 0 Å². The second-order valence-electron chi connectivity index (χ2n) is 7.35. The Balaban J connectivity index is 1.79. The average Bonchev–Trinajstić information content (AvgIpc) is 3.37. The van der Waals surface area contributed by atoms with Gasteiger partial charge in [-0.2, -0.15) is 5.26 Å². The van der Waals surface area contributed by atoms with Gasteiger partial charge in [0.15, 0.2) is 0 Å². The number of aromatic nitrogens is 2. The largest absolute Gasteiger partial charge is 0.494 e. The number of ether oxygens (including phenoxy) is 1. The molecule has 146 valence electrons. The maximum atomic E-state index is 12.3. The predicted molar refractivity (Wildman–Crippen MR) is 113 cm³/mol. The van der Waals surface area contributed by atoms with Crippen molar-refractivity contribution in [2.75, 3.05) is 14.2 Å². The maximum absolute atomic E-state index is 12.3. The SMILES string of the molecule is COc1cc(-c2ccc(C#N)cc2)c(-c2ccc3c(c2)CN(C)C3=O)n2cncc12. The van der Waals surface area contributed by atoms with Crippen molar-refractivity contribution >= 4 is 11.4 Å². The highest BCUT2D eigenvalue weighted by Crippen LogP contribution is 2.39. The zero-order chi connectivity index (χ0) is 20.8. The van der Waals surface area contributed by atoms with E-state index in [2.05, 4.69) is 17.1 Å². The third kappa shape index (κ3) is 2.64. The molecule has 2 aromatic heterocycles. The van der Waals surface area contributed by atoms with Gasteiger partial charge in [0.25, 0.3) is 5.91 Å². The van der Waals surface area contributed by atoms with E-state index in [0.29, 0.717) is 17.9 Å². The molecule has 0 saturated heterocycles. The Kier molecular flexibility index (Phi) is 4.04. The molecule has 0 radical (unpaired) electrons. The second-order valence-corrected chi connectivity index (χ2v) is 7.35. The molecule has 0 aliphatic carbocycles. The minimum atomic E-state index is 0.0476. The van der Waals surface area contributed by atoms with Gasteiger partial charge in [-0.25, -0.2) is 4.98 Å². The summed E-state index contributed by atoms with van der Waals surface area (Å²) in [7, 11) is 3.45. The van der Waals surface area contributed by atoms with Crippen LogP contribution in [0.5, 0.6) is 5.75 Å². The number of hydrogen-bond donors (Lipinski definition) is 0. The molecule has 0 spiro atoms. The van der Waals surface area contributed by atoms with E-state index in [9.17, 15) is 4.79 Å². The van der Waals surface area contributed by atoms with Gasteiger partial charge < -0.3 is 9.64 Å². The lowest BCUT2D eigenvalue weighted by atomic mass is 9.95. The summed E-state index contributed by atoms with van der Waals surface area (Å²) in [5, 5.41) is 9.15. The van der Waals surface area contributed by atoms with Gasteiger partial charge in [-0.15, -0.1) is 0 Å². The van der Waals surface area contributed by atoms with Crippen LogP contribution in [0.15, 0.2) is 61.1 Å². The zero-order valence-corrected chi connectivity index (χ0v) is 16.6. The van der Waals surface area contributed by atoms with Crippen molar-refractivity contribution in [1.82, 2.24) is 14.3 Å². The number of carbonyl (C=O) groups is 1. The van der Waals surface area contributed by atoms with Gasteiger partial charge in [-0.3, -0.25) is 9.20 Å². The van der Waals surface area contributed by atoms with Crippen LogP contribution in [0, 0.1) is 11.3 Å². The molecule has 0 unspecified atom stereocenters. The smallest absolute Gasteiger partial charge is 0.254 e. The van der Waals surface area contributed by atoms with Crippen molar-refractivity contribution in [2.24, 2.45) is 0 Å². The molecule has 0 fully saturated rings. The van der Waals surface area contributed by atoms with Crippen LogP contribution >= 0.6 is 0 Å². The summed E-state index contributed by atoms with van der Waals surface area (Å²) in [6, 6.07) is 17.6. The molecular formula is C24H18N4O2. The fourth-order valence-corrected chi connectivity index (χ4v) is 4.07. The second kappa shape index (κ2) is 6.75. The van der Waals surface area contributed by atoms with Gasteiger partial charge in [-0.05, 0) is 47.0 Å². The highest BCUT2D eigenvalue weighted by molar-refractivity contribution is 5.99. The van der Waals surface area contributed by atoms with Crippen LogP contribution in [-0.2, 0) is 6.54 Å². The molecule has 30 heavy (non-hydrogen) atoms. The van der Waals surface area contributed by atoms with E-state index in [1.807, 2.05) is 41.8 Å². The number of fused-ring (bicyclic) bond motifs is 2. The topological polar surface area (TPSA) is 70.6 Å². The molecule has 4 aromatic rings. The highest BCUT2D eigenvalue weighted by Gasteiger charge is 2.25. The fourth-order valence-electron chi connectivity index (χ4n) is 4.07. The minimum Gasteiger partial charge on any atom is -0.494 e. The molecule has 1 aliphatic heterocycles. The van der Waals surface area contributed by atoms with E-state index >= 15 is 0 Å². The number of pyridine rings is 1. The number of carbonyl (C=O) groups excluding carboxylic acids is 1. The quantitative estimate of drug-likeness (QED) is 0.524. The van der Waals surface area contributed by atoms with Gasteiger partial charge in [0.1, 0.15) is 11.3 Å². The van der Waals surface area contributed by atoms with Gasteiger partial charge in [0.05, 0.1) is 37.0 Å². The third-order valence-electron chi connectivity index (χ3n) is 5.57. The molecule has 1 aliphatic rings. The van der Waals surface area contributed by atoms with E-state index in [1.165, 1.54) is 0 Å². The average molecular weight is 394 g/mol. The number of rotatable bonds is 3. The van der Waals surface area contributed by atoms with E-state index in [1.54, 1.807) is 36.7 Å². The van der Waals surface area contributed by atoms with E-state index in [4.69, 9.17) is 10.00 Å². The number of imidazole rings is 1. The lowest BCUT2D eigenvalue weighted by Crippen LogP contribution is -2.17. The van der Waals surface area contributed by atoms with Crippen molar-refractivity contribution in [3.05, 3.63) is 77.7 Å². The Bertz CT molecular complexity index is 1350. The highest BCUT2D eigenvalue weighted by atomic mass is 16.5. The molecule has 6 heteroatoms. The van der Waals surface area contributed by atoms with Gasteiger partial charge in [0, 0.05) is 24.7 Å². The molecule has 0 bridgehead atoms. The maximum Gasteiger partial charge on any atom is 0.254 e. The minimum absolute atomic E-state index is 0.0476. The molecule has 0 atom stereocenters. The molecule has 1 amide bonds. The zero-order valence-electron chi connectivity index (χ0n) is 16.6. The first-order valence-corrected chi connectivity index (χ1v) is 9.53. The Hall–Kier alpha value is -4.11. The van der Waals surface area contributed by atoms with Crippen LogP contribution in [0.2, 0.25) is 0 Å². The first kappa shape index (κ1) is 18.0. The molecule has 0 saturated carbocycles. The molecule has 3 heterocycles. The summed E-state index contributed by atoms with van der Waals surface area (Å²) in [6.07, 6.45) is 3.54. The Morgan fingerprint density at radius 1 is 1.07 bits per heavy atom. The van der Waals surface area contributed by atoms with Crippen LogP contribution in [0.3, 0.4) is 0 Å². The summed E-state index contributed by atoms with van der Waals surface area (Å²) in [5.74, 6) is 0.762. The number of benzene rings is 2. The molecule has 5 rings (SSSR count). The molecule has 2 aromatic carbocycles. The molecule has 6 nitrogen and oxygen atoms in total. The van der Waals surface area contributed by atoms with E-state index < -0.39 is 0 Å². The Labute approximate surface area is 173 Å². The number of amides is 1. The van der Waals surface area contributed by atoms with Crippen LogP contribution in [-0.4, -0.2) is 34.3 Å². The number of nitrogens with zero attached hydrogens (tertiary/aromatic N) is 4.